The topological polar surface area (TPSA) is 71.3 Å². The van der Waals surface area contributed by atoms with Crippen molar-refractivity contribution in [3.8, 4) is 0 Å². The summed E-state index contributed by atoms with van der Waals surface area (Å²) in [5, 5.41) is 14.1. The SMILES string of the molecule is CC(C)C(NC(=O)NCc1ccc(F)cc1)c1nnc2ccccn12. The molecular formula is C18H20FN5O. The molecule has 2 amide bonds. The maximum atomic E-state index is 12.9. The van der Waals surface area contributed by atoms with Crippen LogP contribution < -0.4 is 10.6 Å². The Morgan fingerprint density at radius 1 is 1.16 bits per heavy atom. The Morgan fingerprint density at radius 2 is 1.92 bits per heavy atom. The lowest BCUT2D eigenvalue weighted by atomic mass is 10.0. The van der Waals surface area contributed by atoms with Crippen molar-refractivity contribution in [1.82, 2.24) is 25.2 Å². The molecule has 3 rings (SSSR count). The number of carbonyl (C=O) groups is 1. The van der Waals surface area contributed by atoms with Crippen LogP contribution in [0.5, 0.6) is 0 Å². The molecule has 1 aromatic carbocycles. The van der Waals surface area contributed by atoms with Gasteiger partial charge in [-0.3, -0.25) is 4.40 Å². The summed E-state index contributed by atoms with van der Waals surface area (Å²) in [7, 11) is 0. The number of hydrogen-bond acceptors (Lipinski definition) is 3. The number of nitrogens with zero attached hydrogens (tertiary/aromatic N) is 3. The van der Waals surface area contributed by atoms with E-state index in [9.17, 15) is 9.18 Å². The molecule has 2 aromatic heterocycles. The van der Waals surface area contributed by atoms with Gasteiger partial charge in [-0.2, -0.15) is 0 Å². The van der Waals surface area contributed by atoms with E-state index in [0.29, 0.717) is 12.4 Å². The van der Waals surface area contributed by atoms with E-state index in [1.807, 2.05) is 42.6 Å². The van der Waals surface area contributed by atoms with Crippen molar-refractivity contribution in [2.24, 2.45) is 5.92 Å². The fourth-order valence-electron chi connectivity index (χ4n) is 2.58. The summed E-state index contributed by atoms with van der Waals surface area (Å²) in [5.41, 5.74) is 1.56. The van der Waals surface area contributed by atoms with Crippen LogP contribution in [0, 0.1) is 11.7 Å². The van der Waals surface area contributed by atoms with Crippen LogP contribution in [0.15, 0.2) is 48.7 Å². The van der Waals surface area contributed by atoms with Crippen LogP contribution in [0.4, 0.5) is 9.18 Å². The van der Waals surface area contributed by atoms with Gasteiger partial charge >= 0.3 is 6.03 Å². The fourth-order valence-corrected chi connectivity index (χ4v) is 2.58. The molecule has 0 aliphatic carbocycles. The number of benzene rings is 1. The molecule has 130 valence electrons. The normalized spacial score (nSPS) is 12.3. The van der Waals surface area contributed by atoms with Crippen LogP contribution >= 0.6 is 0 Å². The van der Waals surface area contributed by atoms with E-state index in [1.165, 1.54) is 12.1 Å². The third kappa shape index (κ3) is 3.93. The molecule has 0 spiro atoms. The third-order valence-electron chi connectivity index (χ3n) is 3.94. The molecule has 0 saturated carbocycles. The van der Waals surface area contributed by atoms with Crippen LogP contribution in [-0.2, 0) is 6.54 Å². The summed E-state index contributed by atoms with van der Waals surface area (Å²) in [6.07, 6.45) is 1.87. The van der Waals surface area contributed by atoms with Crippen LogP contribution in [-0.4, -0.2) is 20.6 Å². The zero-order valence-electron chi connectivity index (χ0n) is 14.1. The van der Waals surface area contributed by atoms with Gasteiger partial charge in [-0.25, -0.2) is 9.18 Å². The Labute approximate surface area is 145 Å². The van der Waals surface area contributed by atoms with E-state index in [2.05, 4.69) is 20.8 Å². The maximum absolute atomic E-state index is 12.9. The van der Waals surface area contributed by atoms with Crippen molar-refractivity contribution >= 4 is 11.7 Å². The lowest BCUT2D eigenvalue weighted by Crippen LogP contribution is -2.40. The number of amides is 2. The maximum Gasteiger partial charge on any atom is 0.315 e. The summed E-state index contributed by atoms with van der Waals surface area (Å²) in [6, 6.07) is 11.1. The van der Waals surface area contributed by atoms with Crippen LogP contribution in [0.2, 0.25) is 0 Å². The highest BCUT2D eigenvalue weighted by molar-refractivity contribution is 5.74. The minimum Gasteiger partial charge on any atom is -0.334 e. The average molecular weight is 341 g/mol. The molecule has 0 fully saturated rings. The van der Waals surface area contributed by atoms with Gasteiger partial charge in [0.2, 0.25) is 0 Å². The second-order valence-corrected chi connectivity index (χ2v) is 6.16. The minimum atomic E-state index is -0.310. The van der Waals surface area contributed by atoms with Crippen LogP contribution in [0.3, 0.4) is 0 Å². The smallest absolute Gasteiger partial charge is 0.315 e. The number of rotatable bonds is 5. The number of nitrogens with one attached hydrogen (secondary N) is 2. The number of fused-ring (bicyclic) bond motifs is 1. The molecule has 2 N–H and O–H groups in total. The fraction of sp³-hybridized carbons (Fsp3) is 0.278. The summed E-state index contributed by atoms with van der Waals surface area (Å²) >= 11 is 0. The first-order valence-corrected chi connectivity index (χ1v) is 8.13. The molecule has 0 radical (unpaired) electrons. The van der Waals surface area contributed by atoms with Gasteiger partial charge in [0, 0.05) is 12.7 Å². The zero-order chi connectivity index (χ0) is 17.8. The number of carbonyl (C=O) groups excluding carboxylic acids is 1. The van der Waals surface area contributed by atoms with Crippen molar-refractivity contribution in [3.63, 3.8) is 0 Å². The third-order valence-corrected chi connectivity index (χ3v) is 3.94. The number of halogens is 1. The van der Waals surface area contributed by atoms with Gasteiger partial charge in [0.1, 0.15) is 5.82 Å². The van der Waals surface area contributed by atoms with Gasteiger partial charge in [0.15, 0.2) is 11.5 Å². The first kappa shape index (κ1) is 16.9. The Kier molecular flexibility index (Phi) is 4.92. The van der Waals surface area contributed by atoms with Gasteiger partial charge in [0.05, 0.1) is 6.04 Å². The molecule has 0 bridgehead atoms. The van der Waals surface area contributed by atoms with Crippen molar-refractivity contribution < 1.29 is 9.18 Å². The van der Waals surface area contributed by atoms with E-state index >= 15 is 0 Å². The Hall–Kier alpha value is -2.96. The average Bonchev–Trinajstić information content (AvgIpc) is 3.03. The molecule has 0 aliphatic rings. The largest absolute Gasteiger partial charge is 0.334 e. The van der Waals surface area contributed by atoms with E-state index in [4.69, 9.17) is 0 Å². The number of aromatic nitrogens is 3. The van der Waals surface area contributed by atoms with Crippen LogP contribution in [0.1, 0.15) is 31.3 Å². The van der Waals surface area contributed by atoms with Gasteiger partial charge in [0.25, 0.3) is 0 Å². The minimum absolute atomic E-state index is 0.129. The lowest BCUT2D eigenvalue weighted by molar-refractivity contribution is 0.231. The molecule has 25 heavy (non-hydrogen) atoms. The lowest BCUT2D eigenvalue weighted by Gasteiger charge is -2.21. The highest BCUT2D eigenvalue weighted by Crippen LogP contribution is 2.20. The molecule has 6 nitrogen and oxygen atoms in total. The highest BCUT2D eigenvalue weighted by atomic mass is 19.1. The summed E-state index contributed by atoms with van der Waals surface area (Å²) < 4.78 is 14.8. The van der Waals surface area contributed by atoms with Crippen LogP contribution in [0.25, 0.3) is 5.65 Å². The molecule has 1 unspecified atom stereocenters. The molecule has 0 saturated heterocycles. The molecule has 3 aromatic rings. The number of pyridine rings is 1. The summed E-state index contributed by atoms with van der Waals surface area (Å²) in [6.45, 7) is 4.33. The van der Waals surface area contributed by atoms with Gasteiger partial charge in [-0.1, -0.05) is 32.0 Å². The first-order chi connectivity index (χ1) is 12.0. The predicted molar refractivity (Wildman–Crippen MR) is 92.3 cm³/mol. The second-order valence-electron chi connectivity index (χ2n) is 6.16. The van der Waals surface area contributed by atoms with E-state index in [0.717, 1.165) is 11.2 Å². The molecule has 2 heterocycles. The number of urea groups is 1. The van der Waals surface area contributed by atoms with Crippen molar-refractivity contribution in [2.45, 2.75) is 26.4 Å². The Morgan fingerprint density at radius 3 is 2.64 bits per heavy atom. The van der Waals surface area contributed by atoms with Gasteiger partial charge < -0.3 is 10.6 Å². The molecular weight excluding hydrogens is 321 g/mol. The Balaban J connectivity index is 1.69. The Bertz CT molecular complexity index is 859. The standard InChI is InChI=1S/C18H20FN5O/c1-12(2)16(17-23-22-15-5-3-4-10-24(15)17)21-18(25)20-11-13-6-8-14(19)9-7-13/h3-10,12,16H,11H2,1-2H3,(H2,20,21,25). The van der Waals surface area contributed by atoms with Gasteiger partial charge in [-0.05, 0) is 35.7 Å². The monoisotopic (exact) mass is 341 g/mol. The predicted octanol–water partition coefficient (Wildman–Crippen LogP) is 3.06. The van der Waals surface area contributed by atoms with E-state index in [1.54, 1.807) is 12.1 Å². The quantitative estimate of drug-likeness (QED) is 0.749. The van der Waals surface area contributed by atoms with Crippen molar-refractivity contribution in [3.05, 3.63) is 65.9 Å². The number of hydrogen-bond donors (Lipinski definition) is 2. The highest BCUT2D eigenvalue weighted by Gasteiger charge is 2.23. The van der Waals surface area contributed by atoms with E-state index in [-0.39, 0.29) is 23.8 Å². The second kappa shape index (κ2) is 7.29. The summed E-state index contributed by atoms with van der Waals surface area (Å²) in [4.78, 5) is 12.3. The van der Waals surface area contributed by atoms with Gasteiger partial charge in [-0.15, -0.1) is 10.2 Å². The first-order valence-electron chi connectivity index (χ1n) is 8.13. The molecule has 1 atom stereocenters. The molecule has 0 aliphatic heterocycles. The van der Waals surface area contributed by atoms with Crippen molar-refractivity contribution in [1.29, 1.82) is 0 Å². The van der Waals surface area contributed by atoms with E-state index < -0.39 is 0 Å². The summed E-state index contributed by atoms with van der Waals surface area (Å²) in [5.74, 6) is 0.512. The zero-order valence-corrected chi connectivity index (χ0v) is 14.1. The van der Waals surface area contributed by atoms with Crippen molar-refractivity contribution in [2.75, 3.05) is 0 Å². The molecule has 7 heteroatoms.